The van der Waals surface area contributed by atoms with Crippen molar-refractivity contribution in [2.75, 3.05) is 6.61 Å². The molecule has 0 saturated heterocycles. The minimum atomic E-state index is -0.842. The summed E-state index contributed by atoms with van der Waals surface area (Å²) < 4.78 is 5.32. The topological polar surface area (TPSA) is 52.3 Å². The van der Waals surface area contributed by atoms with Crippen LogP contribution in [0.1, 0.15) is 31.1 Å². The molecule has 0 heterocycles. The van der Waals surface area contributed by atoms with Gasteiger partial charge in [0, 0.05) is 5.56 Å². The molecule has 1 rings (SSSR count). The van der Waals surface area contributed by atoms with Gasteiger partial charge in [0.2, 0.25) is 0 Å². The van der Waals surface area contributed by atoms with Gasteiger partial charge in [0.1, 0.15) is 5.75 Å². The fourth-order valence-corrected chi connectivity index (χ4v) is 1.27. The Balaban J connectivity index is 2.95. The van der Waals surface area contributed by atoms with Crippen molar-refractivity contribution in [1.82, 2.24) is 0 Å². The summed E-state index contributed by atoms with van der Waals surface area (Å²) in [5.41, 5.74) is 5.49. The number of Topliss-reactive ketones (excluding diaryl/α,β-unsaturated/α-hetero) is 1. The molecule has 1 aromatic carbocycles. The lowest BCUT2D eigenvalue weighted by molar-refractivity contribution is 0.0913. The molecule has 0 bridgehead atoms. The molecule has 3 nitrogen and oxygen atoms in total. The second-order valence-corrected chi connectivity index (χ2v) is 4.01. The molecule has 0 aliphatic carbocycles. The lowest BCUT2D eigenvalue weighted by Crippen LogP contribution is -2.41. The highest BCUT2D eigenvalue weighted by Crippen LogP contribution is 2.17. The van der Waals surface area contributed by atoms with Crippen molar-refractivity contribution in [3.8, 4) is 5.75 Å². The van der Waals surface area contributed by atoms with Crippen molar-refractivity contribution in [1.29, 1.82) is 0 Å². The van der Waals surface area contributed by atoms with Crippen LogP contribution in [0.25, 0.3) is 0 Å². The molecule has 0 unspecified atom stereocenters. The molecule has 15 heavy (non-hydrogen) atoms. The monoisotopic (exact) mass is 207 g/mol. The van der Waals surface area contributed by atoms with E-state index in [0.29, 0.717) is 17.9 Å². The zero-order valence-electron chi connectivity index (χ0n) is 9.41. The summed E-state index contributed by atoms with van der Waals surface area (Å²) >= 11 is 0. The van der Waals surface area contributed by atoms with Gasteiger partial charge in [-0.1, -0.05) is 12.1 Å². The molecule has 0 aliphatic rings. The Hall–Kier alpha value is -1.35. The molecule has 0 aliphatic heterocycles. The van der Waals surface area contributed by atoms with Crippen LogP contribution in [0.2, 0.25) is 0 Å². The van der Waals surface area contributed by atoms with Crippen molar-refractivity contribution >= 4 is 5.78 Å². The first-order valence-corrected chi connectivity index (χ1v) is 5.01. The molecular formula is C12H17NO2. The minimum Gasteiger partial charge on any atom is -0.494 e. The molecule has 3 heteroatoms. The normalized spacial score (nSPS) is 11.2. The average Bonchev–Trinajstić information content (AvgIpc) is 2.16. The number of benzene rings is 1. The van der Waals surface area contributed by atoms with E-state index in [-0.39, 0.29) is 5.78 Å². The molecule has 0 amide bonds. The predicted octanol–water partition coefficient (Wildman–Crippen LogP) is 2.01. The Morgan fingerprint density at radius 2 is 2.13 bits per heavy atom. The molecule has 0 atom stereocenters. The van der Waals surface area contributed by atoms with Crippen LogP contribution in [-0.2, 0) is 0 Å². The average molecular weight is 207 g/mol. The number of hydrogen-bond donors (Lipinski definition) is 1. The van der Waals surface area contributed by atoms with Crippen molar-refractivity contribution in [2.24, 2.45) is 5.73 Å². The van der Waals surface area contributed by atoms with E-state index in [0.717, 1.165) is 0 Å². The van der Waals surface area contributed by atoms with E-state index in [1.807, 2.05) is 13.0 Å². The lowest BCUT2D eigenvalue weighted by atomic mass is 9.94. The molecule has 0 aromatic heterocycles. The number of nitrogens with two attached hydrogens (primary N) is 1. The first kappa shape index (κ1) is 11.7. The van der Waals surface area contributed by atoms with Gasteiger partial charge in [0.05, 0.1) is 12.1 Å². The van der Waals surface area contributed by atoms with Crippen LogP contribution in [0.5, 0.6) is 5.75 Å². The molecule has 82 valence electrons. The molecule has 2 N–H and O–H groups in total. The summed E-state index contributed by atoms with van der Waals surface area (Å²) in [4.78, 5) is 11.8. The van der Waals surface area contributed by atoms with E-state index in [9.17, 15) is 4.79 Å². The Kier molecular flexibility index (Phi) is 3.48. The molecule has 1 aromatic rings. The third kappa shape index (κ3) is 3.06. The van der Waals surface area contributed by atoms with Gasteiger partial charge in [-0.15, -0.1) is 0 Å². The Labute approximate surface area is 90.2 Å². The van der Waals surface area contributed by atoms with E-state index >= 15 is 0 Å². The first-order chi connectivity index (χ1) is 6.95. The third-order valence-electron chi connectivity index (χ3n) is 1.99. The van der Waals surface area contributed by atoms with E-state index in [2.05, 4.69) is 0 Å². The largest absolute Gasteiger partial charge is 0.494 e. The van der Waals surface area contributed by atoms with Crippen molar-refractivity contribution in [2.45, 2.75) is 26.3 Å². The summed E-state index contributed by atoms with van der Waals surface area (Å²) in [5.74, 6) is 0.622. The predicted molar refractivity (Wildman–Crippen MR) is 60.2 cm³/mol. The number of ether oxygens (including phenoxy) is 1. The van der Waals surface area contributed by atoms with E-state index in [1.165, 1.54) is 0 Å². The maximum absolute atomic E-state index is 11.8. The van der Waals surface area contributed by atoms with Crippen LogP contribution in [0.3, 0.4) is 0 Å². The minimum absolute atomic E-state index is 0.0796. The van der Waals surface area contributed by atoms with Gasteiger partial charge in [0.15, 0.2) is 5.78 Å². The third-order valence-corrected chi connectivity index (χ3v) is 1.99. The number of carbonyl (C=O) groups excluding carboxylic acids is 1. The zero-order chi connectivity index (χ0) is 11.5. The summed E-state index contributed by atoms with van der Waals surface area (Å²) in [6.07, 6.45) is 0. The van der Waals surface area contributed by atoms with Gasteiger partial charge < -0.3 is 10.5 Å². The summed E-state index contributed by atoms with van der Waals surface area (Å²) in [6.45, 7) is 5.89. The van der Waals surface area contributed by atoms with Gasteiger partial charge in [-0.25, -0.2) is 0 Å². The standard InChI is InChI=1S/C12H17NO2/c1-4-15-10-7-5-6-9(8-10)11(14)12(2,3)13/h5-8H,4,13H2,1-3H3. The van der Waals surface area contributed by atoms with Gasteiger partial charge in [-0.05, 0) is 32.9 Å². The maximum atomic E-state index is 11.8. The van der Waals surface area contributed by atoms with Gasteiger partial charge in [-0.3, -0.25) is 4.79 Å². The fourth-order valence-electron chi connectivity index (χ4n) is 1.27. The van der Waals surface area contributed by atoms with Crippen LogP contribution in [0.4, 0.5) is 0 Å². The maximum Gasteiger partial charge on any atom is 0.182 e. The second-order valence-electron chi connectivity index (χ2n) is 4.01. The molecule has 0 spiro atoms. The SMILES string of the molecule is CCOc1cccc(C(=O)C(C)(C)N)c1. The summed E-state index contributed by atoms with van der Waals surface area (Å²) in [6, 6.07) is 7.09. The van der Waals surface area contributed by atoms with Gasteiger partial charge >= 0.3 is 0 Å². The number of ketones is 1. The number of hydrogen-bond acceptors (Lipinski definition) is 3. The number of carbonyl (C=O) groups is 1. The van der Waals surface area contributed by atoms with Crippen molar-refractivity contribution < 1.29 is 9.53 Å². The molecule has 0 radical (unpaired) electrons. The Morgan fingerprint density at radius 1 is 1.47 bits per heavy atom. The second kappa shape index (κ2) is 4.45. The zero-order valence-corrected chi connectivity index (χ0v) is 9.41. The quantitative estimate of drug-likeness (QED) is 0.768. The molecule has 0 saturated carbocycles. The van der Waals surface area contributed by atoms with E-state index in [4.69, 9.17) is 10.5 Å². The Bertz CT molecular complexity index is 353. The van der Waals surface area contributed by atoms with Crippen LogP contribution >= 0.6 is 0 Å². The van der Waals surface area contributed by atoms with Gasteiger partial charge in [0.25, 0.3) is 0 Å². The summed E-state index contributed by atoms with van der Waals surface area (Å²) in [5, 5.41) is 0. The smallest absolute Gasteiger partial charge is 0.182 e. The first-order valence-electron chi connectivity index (χ1n) is 5.01. The fraction of sp³-hybridized carbons (Fsp3) is 0.417. The van der Waals surface area contributed by atoms with Crippen molar-refractivity contribution in [3.63, 3.8) is 0 Å². The van der Waals surface area contributed by atoms with Crippen molar-refractivity contribution in [3.05, 3.63) is 29.8 Å². The highest BCUT2D eigenvalue weighted by atomic mass is 16.5. The van der Waals surface area contributed by atoms with Gasteiger partial charge in [-0.2, -0.15) is 0 Å². The molecular weight excluding hydrogens is 190 g/mol. The van der Waals surface area contributed by atoms with Crippen LogP contribution in [-0.4, -0.2) is 17.9 Å². The molecule has 0 fully saturated rings. The van der Waals surface area contributed by atoms with Crippen LogP contribution in [0, 0.1) is 0 Å². The Morgan fingerprint density at radius 3 is 2.67 bits per heavy atom. The lowest BCUT2D eigenvalue weighted by Gasteiger charge is -2.17. The van der Waals surface area contributed by atoms with Crippen LogP contribution in [0.15, 0.2) is 24.3 Å². The van der Waals surface area contributed by atoms with Crippen LogP contribution < -0.4 is 10.5 Å². The highest BCUT2D eigenvalue weighted by Gasteiger charge is 2.23. The van der Waals surface area contributed by atoms with E-state index in [1.54, 1.807) is 32.0 Å². The van der Waals surface area contributed by atoms with E-state index < -0.39 is 5.54 Å². The summed E-state index contributed by atoms with van der Waals surface area (Å²) in [7, 11) is 0. The highest BCUT2D eigenvalue weighted by molar-refractivity contribution is 6.02. The number of rotatable bonds is 4.